The van der Waals surface area contributed by atoms with Crippen molar-refractivity contribution in [2.75, 3.05) is 26.2 Å². The Morgan fingerprint density at radius 2 is 1.67 bits per heavy atom. The summed E-state index contributed by atoms with van der Waals surface area (Å²) in [6.07, 6.45) is 0. The molecule has 0 amide bonds. The van der Waals surface area contributed by atoms with Gasteiger partial charge in [0.1, 0.15) is 0 Å². The van der Waals surface area contributed by atoms with Crippen LogP contribution in [0.1, 0.15) is 30.0 Å². The van der Waals surface area contributed by atoms with Crippen molar-refractivity contribution in [1.82, 2.24) is 19.9 Å². The van der Waals surface area contributed by atoms with Crippen LogP contribution >= 0.6 is 0 Å². The standard InChI is InChI=1S/C22H26N4O/c1-17-8-10-20(11-9-17)21-23-22(27-24-21)18(2)26-14-12-25(13-15-26)16-19-6-4-3-5-7-19/h3-11,18H,12-16H2,1-2H3. The fraction of sp³-hybridized carbons (Fsp3) is 0.364. The highest BCUT2D eigenvalue weighted by molar-refractivity contribution is 5.54. The van der Waals surface area contributed by atoms with E-state index in [1.807, 2.05) is 12.1 Å². The van der Waals surface area contributed by atoms with Gasteiger partial charge in [-0.15, -0.1) is 0 Å². The first-order valence-corrected chi connectivity index (χ1v) is 9.60. The van der Waals surface area contributed by atoms with Crippen molar-refractivity contribution in [3.63, 3.8) is 0 Å². The third-order valence-corrected chi connectivity index (χ3v) is 5.31. The lowest BCUT2D eigenvalue weighted by molar-refractivity contribution is 0.0845. The maximum absolute atomic E-state index is 5.57. The van der Waals surface area contributed by atoms with Crippen molar-refractivity contribution >= 4 is 0 Å². The zero-order valence-electron chi connectivity index (χ0n) is 16.0. The molecule has 1 atom stereocenters. The normalized spacial score (nSPS) is 17.1. The number of nitrogens with zero attached hydrogens (tertiary/aromatic N) is 4. The molecule has 2 heterocycles. The number of hydrogen-bond donors (Lipinski definition) is 0. The second kappa shape index (κ2) is 8.03. The third kappa shape index (κ3) is 4.26. The second-order valence-electron chi connectivity index (χ2n) is 7.30. The van der Waals surface area contributed by atoms with Gasteiger partial charge < -0.3 is 4.52 Å². The van der Waals surface area contributed by atoms with Gasteiger partial charge in [-0.05, 0) is 19.4 Å². The molecule has 4 rings (SSSR count). The van der Waals surface area contributed by atoms with E-state index in [0.29, 0.717) is 11.7 Å². The van der Waals surface area contributed by atoms with E-state index in [1.165, 1.54) is 11.1 Å². The molecule has 0 radical (unpaired) electrons. The topological polar surface area (TPSA) is 45.4 Å². The lowest BCUT2D eigenvalue weighted by Gasteiger charge is -2.36. The molecular formula is C22H26N4O. The Labute approximate surface area is 160 Å². The summed E-state index contributed by atoms with van der Waals surface area (Å²) in [6, 6.07) is 19.0. The van der Waals surface area contributed by atoms with E-state index in [4.69, 9.17) is 4.52 Å². The first-order chi connectivity index (χ1) is 13.2. The molecule has 1 unspecified atom stereocenters. The van der Waals surface area contributed by atoms with Crippen molar-refractivity contribution in [2.45, 2.75) is 26.4 Å². The molecule has 140 valence electrons. The maximum atomic E-state index is 5.57. The van der Waals surface area contributed by atoms with E-state index in [1.54, 1.807) is 0 Å². The molecule has 2 aromatic carbocycles. The number of aryl methyl sites for hydroxylation is 1. The van der Waals surface area contributed by atoms with Gasteiger partial charge >= 0.3 is 0 Å². The molecule has 0 N–H and O–H groups in total. The molecule has 0 saturated carbocycles. The summed E-state index contributed by atoms with van der Waals surface area (Å²) in [6.45, 7) is 9.37. The van der Waals surface area contributed by atoms with Gasteiger partial charge in [-0.25, -0.2) is 0 Å². The molecule has 0 bridgehead atoms. The molecule has 1 fully saturated rings. The molecule has 1 saturated heterocycles. The van der Waals surface area contributed by atoms with Crippen LogP contribution in [0.2, 0.25) is 0 Å². The van der Waals surface area contributed by atoms with Gasteiger partial charge in [-0.1, -0.05) is 65.3 Å². The van der Waals surface area contributed by atoms with E-state index in [9.17, 15) is 0 Å². The zero-order chi connectivity index (χ0) is 18.6. The molecule has 27 heavy (non-hydrogen) atoms. The van der Waals surface area contributed by atoms with E-state index >= 15 is 0 Å². The van der Waals surface area contributed by atoms with Crippen molar-refractivity contribution in [2.24, 2.45) is 0 Å². The summed E-state index contributed by atoms with van der Waals surface area (Å²) >= 11 is 0. The number of hydrogen-bond acceptors (Lipinski definition) is 5. The number of aromatic nitrogens is 2. The summed E-state index contributed by atoms with van der Waals surface area (Å²) < 4.78 is 5.57. The Bertz CT molecular complexity index is 852. The van der Waals surface area contributed by atoms with Crippen molar-refractivity contribution < 1.29 is 4.52 Å². The SMILES string of the molecule is Cc1ccc(-c2noc(C(C)N3CCN(Cc4ccccc4)CC3)n2)cc1. The van der Waals surface area contributed by atoms with Gasteiger partial charge in [0.2, 0.25) is 11.7 Å². The van der Waals surface area contributed by atoms with Crippen molar-refractivity contribution in [1.29, 1.82) is 0 Å². The molecule has 1 aromatic heterocycles. The molecule has 5 nitrogen and oxygen atoms in total. The van der Waals surface area contributed by atoms with Crippen LogP contribution in [0, 0.1) is 6.92 Å². The summed E-state index contributed by atoms with van der Waals surface area (Å²) in [4.78, 5) is 9.57. The third-order valence-electron chi connectivity index (χ3n) is 5.31. The second-order valence-corrected chi connectivity index (χ2v) is 7.30. The molecule has 1 aliphatic rings. The molecule has 3 aromatic rings. The number of piperazine rings is 1. The van der Waals surface area contributed by atoms with Crippen LogP contribution in [0.4, 0.5) is 0 Å². The summed E-state index contributed by atoms with van der Waals surface area (Å²) in [5, 5.41) is 4.18. The first kappa shape index (κ1) is 17.9. The summed E-state index contributed by atoms with van der Waals surface area (Å²) in [5.41, 5.74) is 3.60. The Balaban J connectivity index is 1.35. The fourth-order valence-electron chi connectivity index (χ4n) is 3.53. The van der Waals surface area contributed by atoms with Crippen LogP contribution < -0.4 is 0 Å². The number of benzene rings is 2. The maximum Gasteiger partial charge on any atom is 0.244 e. The Morgan fingerprint density at radius 1 is 0.963 bits per heavy atom. The van der Waals surface area contributed by atoms with Gasteiger partial charge in [0.25, 0.3) is 0 Å². The largest absolute Gasteiger partial charge is 0.337 e. The van der Waals surface area contributed by atoms with E-state index in [0.717, 1.165) is 38.3 Å². The molecule has 0 spiro atoms. The lowest BCUT2D eigenvalue weighted by Crippen LogP contribution is -2.46. The highest BCUT2D eigenvalue weighted by atomic mass is 16.5. The first-order valence-electron chi connectivity index (χ1n) is 9.60. The van der Waals surface area contributed by atoms with Gasteiger partial charge in [-0.3, -0.25) is 9.80 Å². The zero-order valence-corrected chi connectivity index (χ0v) is 16.0. The van der Waals surface area contributed by atoms with Gasteiger partial charge in [0, 0.05) is 38.3 Å². The van der Waals surface area contributed by atoms with Crippen LogP contribution in [-0.4, -0.2) is 46.1 Å². The minimum Gasteiger partial charge on any atom is -0.337 e. The van der Waals surface area contributed by atoms with E-state index in [-0.39, 0.29) is 6.04 Å². The van der Waals surface area contributed by atoms with Gasteiger partial charge in [0.15, 0.2) is 0 Å². The van der Waals surface area contributed by atoms with Gasteiger partial charge in [0.05, 0.1) is 6.04 Å². The highest BCUT2D eigenvalue weighted by Crippen LogP contribution is 2.24. The Morgan fingerprint density at radius 3 is 2.37 bits per heavy atom. The van der Waals surface area contributed by atoms with Crippen molar-refractivity contribution in [3.05, 3.63) is 71.6 Å². The van der Waals surface area contributed by atoms with Crippen LogP contribution in [0.3, 0.4) is 0 Å². The molecule has 0 aliphatic carbocycles. The predicted octanol–water partition coefficient (Wildman–Crippen LogP) is 3.92. The predicted molar refractivity (Wildman–Crippen MR) is 106 cm³/mol. The monoisotopic (exact) mass is 362 g/mol. The van der Waals surface area contributed by atoms with Gasteiger partial charge in [-0.2, -0.15) is 4.98 Å². The quantitative estimate of drug-likeness (QED) is 0.688. The Kier molecular flexibility index (Phi) is 5.32. The summed E-state index contributed by atoms with van der Waals surface area (Å²) in [7, 11) is 0. The highest BCUT2D eigenvalue weighted by Gasteiger charge is 2.26. The van der Waals surface area contributed by atoms with Crippen molar-refractivity contribution in [3.8, 4) is 11.4 Å². The minimum atomic E-state index is 0.135. The minimum absolute atomic E-state index is 0.135. The molecular weight excluding hydrogens is 336 g/mol. The van der Waals surface area contributed by atoms with Crippen LogP contribution in [-0.2, 0) is 6.54 Å². The lowest BCUT2D eigenvalue weighted by atomic mass is 10.1. The van der Waals surface area contributed by atoms with Crippen LogP contribution in [0.15, 0.2) is 59.1 Å². The Hall–Kier alpha value is -2.50. The van der Waals surface area contributed by atoms with Crippen LogP contribution in [0.5, 0.6) is 0 Å². The average Bonchev–Trinajstić information content (AvgIpc) is 3.20. The average molecular weight is 362 g/mol. The molecule has 1 aliphatic heterocycles. The fourth-order valence-corrected chi connectivity index (χ4v) is 3.53. The van der Waals surface area contributed by atoms with E-state index in [2.05, 4.69) is 76.3 Å². The summed E-state index contributed by atoms with van der Waals surface area (Å²) in [5.74, 6) is 1.36. The molecule has 5 heteroatoms. The smallest absolute Gasteiger partial charge is 0.244 e. The van der Waals surface area contributed by atoms with E-state index < -0.39 is 0 Å². The van der Waals surface area contributed by atoms with Crippen LogP contribution in [0.25, 0.3) is 11.4 Å². The number of rotatable bonds is 5.